The van der Waals surface area contributed by atoms with Crippen molar-refractivity contribution < 1.29 is 14.6 Å². The Morgan fingerprint density at radius 2 is 1.86 bits per heavy atom. The van der Waals surface area contributed by atoms with Gasteiger partial charge in [-0.05, 0) is 50.2 Å². The second kappa shape index (κ2) is 11.4. The van der Waals surface area contributed by atoms with Crippen molar-refractivity contribution >= 4 is 29.1 Å². The fourth-order valence-electron chi connectivity index (χ4n) is 2.81. The Hall–Kier alpha value is -1.79. The zero-order valence-corrected chi connectivity index (χ0v) is 18.5. The minimum absolute atomic E-state index is 0.0126. The molecule has 1 unspecified atom stereocenters. The molecule has 0 saturated heterocycles. The van der Waals surface area contributed by atoms with E-state index in [4.69, 9.17) is 27.9 Å². The minimum atomic E-state index is -0.877. The smallest absolute Gasteiger partial charge is 0.251 e. The summed E-state index contributed by atoms with van der Waals surface area (Å²) in [6, 6.07) is 13.0. The van der Waals surface area contributed by atoms with Crippen molar-refractivity contribution in [3.05, 3.63) is 63.6 Å². The SMILES string of the molecule is CCN(Cc1ccc(C(=O)NCC(O)COc2cccc(Cl)c2Cl)cc1)C(C)C. The number of carbonyl (C=O) groups is 1. The highest BCUT2D eigenvalue weighted by Gasteiger charge is 2.13. The first-order valence-electron chi connectivity index (χ1n) is 9.67. The van der Waals surface area contributed by atoms with Gasteiger partial charge in [-0.3, -0.25) is 9.69 Å². The van der Waals surface area contributed by atoms with E-state index in [1.165, 1.54) is 0 Å². The minimum Gasteiger partial charge on any atom is -0.489 e. The van der Waals surface area contributed by atoms with Crippen LogP contribution in [-0.4, -0.2) is 47.8 Å². The molecule has 2 aromatic rings. The van der Waals surface area contributed by atoms with Crippen molar-refractivity contribution in [2.24, 2.45) is 0 Å². The zero-order chi connectivity index (χ0) is 21.4. The summed E-state index contributed by atoms with van der Waals surface area (Å²) in [5.41, 5.74) is 1.70. The highest BCUT2D eigenvalue weighted by molar-refractivity contribution is 6.42. The molecule has 2 N–H and O–H groups in total. The van der Waals surface area contributed by atoms with Crippen LogP contribution in [0.1, 0.15) is 36.7 Å². The van der Waals surface area contributed by atoms with Crippen LogP contribution in [0.5, 0.6) is 5.75 Å². The van der Waals surface area contributed by atoms with Gasteiger partial charge >= 0.3 is 0 Å². The van der Waals surface area contributed by atoms with Crippen LogP contribution in [0.3, 0.4) is 0 Å². The monoisotopic (exact) mass is 438 g/mol. The average Bonchev–Trinajstić information content (AvgIpc) is 2.71. The van der Waals surface area contributed by atoms with Gasteiger partial charge < -0.3 is 15.2 Å². The van der Waals surface area contributed by atoms with E-state index in [1.54, 1.807) is 30.3 Å². The van der Waals surface area contributed by atoms with Gasteiger partial charge in [-0.25, -0.2) is 0 Å². The molecule has 0 heterocycles. The molecule has 7 heteroatoms. The van der Waals surface area contributed by atoms with Crippen LogP contribution in [0.15, 0.2) is 42.5 Å². The first-order valence-corrected chi connectivity index (χ1v) is 10.4. The molecule has 0 aromatic heterocycles. The number of ether oxygens (including phenoxy) is 1. The van der Waals surface area contributed by atoms with Crippen LogP contribution in [0, 0.1) is 0 Å². The van der Waals surface area contributed by atoms with Gasteiger partial charge in [0.05, 0.1) is 5.02 Å². The van der Waals surface area contributed by atoms with Gasteiger partial charge in [-0.2, -0.15) is 0 Å². The third-order valence-corrected chi connectivity index (χ3v) is 5.39. The highest BCUT2D eigenvalue weighted by atomic mass is 35.5. The Kier molecular flexibility index (Phi) is 9.24. The maximum atomic E-state index is 12.3. The average molecular weight is 439 g/mol. The summed E-state index contributed by atoms with van der Waals surface area (Å²) >= 11 is 12.0. The summed E-state index contributed by atoms with van der Waals surface area (Å²) in [6.07, 6.45) is -0.877. The molecule has 158 valence electrons. The van der Waals surface area contributed by atoms with Crippen molar-refractivity contribution in [2.75, 3.05) is 19.7 Å². The summed E-state index contributed by atoms with van der Waals surface area (Å²) < 4.78 is 5.48. The first kappa shape index (κ1) is 23.5. The molecule has 1 atom stereocenters. The molecule has 2 rings (SSSR count). The maximum absolute atomic E-state index is 12.3. The summed E-state index contributed by atoms with van der Waals surface area (Å²) in [5.74, 6) is 0.148. The molecule has 0 aliphatic heterocycles. The lowest BCUT2D eigenvalue weighted by molar-refractivity contribution is 0.0844. The number of carbonyl (C=O) groups excluding carboxylic acids is 1. The van der Waals surface area contributed by atoms with E-state index in [2.05, 4.69) is 31.0 Å². The summed E-state index contributed by atoms with van der Waals surface area (Å²) in [6.45, 7) is 8.34. The predicted molar refractivity (Wildman–Crippen MR) is 118 cm³/mol. The molecule has 0 aliphatic carbocycles. The molecular weight excluding hydrogens is 411 g/mol. The van der Waals surface area contributed by atoms with Crippen molar-refractivity contribution in [1.82, 2.24) is 10.2 Å². The van der Waals surface area contributed by atoms with Crippen molar-refractivity contribution in [3.8, 4) is 5.75 Å². The van der Waals surface area contributed by atoms with Gasteiger partial charge in [0.25, 0.3) is 5.91 Å². The van der Waals surface area contributed by atoms with Crippen molar-refractivity contribution in [3.63, 3.8) is 0 Å². The maximum Gasteiger partial charge on any atom is 0.251 e. The number of nitrogens with one attached hydrogen (secondary N) is 1. The van der Waals surface area contributed by atoms with Crippen molar-refractivity contribution in [1.29, 1.82) is 0 Å². The molecule has 2 aromatic carbocycles. The van der Waals surface area contributed by atoms with Gasteiger partial charge in [0.1, 0.15) is 23.5 Å². The van der Waals surface area contributed by atoms with Crippen LogP contribution < -0.4 is 10.1 Å². The van der Waals surface area contributed by atoms with E-state index in [9.17, 15) is 9.90 Å². The lowest BCUT2D eigenvalue weighted by Gasteiger charge is -2.24. The Morgan fingerprint density at radius 3 is 2.48 bits per heavy atom. The van der Waals surface area contributed by atoms with Crippen LogP contribution in [0.4, 0.5) is 0 Å². The Bertz CT molecular complexity index is 797. The fraction of sp³-hybridized carbons (Fsp3) is 0.409. The first-order chi connectivity index (χ1) is 13.8. The fourth-order valence-corrected chi connectivity index (χ4v) is 3.15. The zero-order valence-electron chi connectivity index (χ0n) is 17.0. The van der Waals surface area contributed by atoms with Gasteiger partial charge in [0.15, 0.2) is 0 Å². The molecule has 5 nitrogen and oxygen atoms in total. The molecule has 0 fully saturated rings. The molecule has 0 radical (unpaired) electrons. The molecule has 0 bridgehead atoms. The highest BCUT2D eigenvalue weighted by Crippen LogP contribution is 2.31. The number of hydrogen-bond acceptors (Lipinski definition) is 4. The van der Waals surface area contributed by atoms with E-state index in [-0.39, 0.29) is 19.1 Å². The van der Waals surface area contributed by atoms with Crippen LogP contribution in [0.25, 0.3) is 0 Å². The van der Waals surface area contributed by atoms with Gasteiger partial charge in [0.2, 0.25) is 0 Å². The van der Waals surface area contributed by atoms with Crippen LogP contribution >= 0.6 is 23.2 Å². The number of benzene rings is 2. The van der Waals surface area contributed by atoms with E-state index < -0.39 is 6.10 Å². The number of aliphatic hydroxyl groups is 1. The van der Waals surface area contributed by atoms with Crippen LogP contribution in [0.2, 0.25) is 10.0 Å². The standard InChI is InChI=1S/C22H28Cl2N2O3/c1-4-26(15(2)3)13-16-8-10-17(11-9-16)22(28)25-12-18(27)14-29-20-7-5-6-19(23)21(20)24/h5-11,15,18,27H,4,12-14H2,1-3H3,(H,25,28). The third kappa shape index (κ3) is 7.19. The largest absolute Gasteiger partial charge is 0.489 e. The molecule has 29 heavy (non-hydrogen) atoms. The summed E-state index contributed by atoms with van der Waals surface area (Å²) in [4.78, 5) is 14.7. The quantitative estimate of drug-likeness (QED) is 0.577. The number of hydrogen-bond donors (Lipinski definition) is 2. The lowest BCUT2D eigenvalue weighted by Crippen LogP contribution is -2.35. The summed E-state index contributed by atoms with van der Waals surface area (Å²) in [7, 11) is 0. The Labute approximate surface area is 182 Å². The predicted octanol–water partition coefficient (Wildman–Crippen LogP) is 4.39. The number of aliphatic hydroxyl groups excluding tert-OH is 1. The van der Waals surface area contributed by atoms with Crippen LogP contribution in [-0.2, 0) is 6.54 Å². The van der Waals surface area contributed by atoms with E-state index in [0.717, 1.165) is 18.7 Å². The lowest BCUT2D eigenvalue weighted by atomic mass is 10.1. The van der Waals surface area contributed by atoms with Gasteiger partial charge in [0, 0.05) is 24.7 Å². The second-order valence-electron chi connectivity index (χ2n) is 7.08. The topological polar surface area (TPSA) is 61.8 Å². The van der Waals surface area contributed by atoms with Crippen molar-refractivity contribution in [2.45, 2.75) is 39.5 Å². The number of rotatable bonds is 10. The number of halogens is 2. The number of nitrogens with zero attached hydrogens (tertiary/aromatic N) is 1. The van der Waals surface area contributed by atoms with Gasteiger partial charge in [-0.15, -0.1) is 0 Å². The molecule has 0 spiro atoms. The van der Waals surface area contributed by atoms with Gasteiger partial charge in [-0.1, -0.05) is 48.3 Å². The summed E-state index contributed by atoms with van der Waals surface area (Å²) in [5, 5.41) is 13.5. The van der Waals surface area contributed by atoms with E-state index in [0.29, 0.717) is 27.4 Å². The molecular formula is C22H28Cl2N2O3. The molecule has 0 saturated carbocycles. The Morgan fingerprint density at radius 1 is 1.17 bits per heavy atom. The van der Waals surface area contributed by atoms with E-state index in [1.807, 2.05) is 12.1 Å². The molecule has 0 aliphatic rings. The normalized spacial score (nSPS) is 12.3. The second-order valence-corrected chi connectivity index (χ2v) is 7.87. The number of amides is 1. The third-order valence-electron chi connectivity index (χ3n) is 4.58. The molecule has 1 amide bonds. The Balaban J connectivity index is 1.81. The van der Waals surface area contributed by atoms with E-state index >= 15 is 0 Å².